The van der Waals surface area contributed by atoms with Crippen molar-refractivity contribution in [2.24, 2.45) is 0 Å². The average Bonchev–Trinajstić information content (AvgIpc) is 3.53. The molecule has 1 unspecified atom stereocenters. The number of carbonyl (C=O) groups excluding carboxylic acids is 1. The van der Waals surface area contributed by atoms with E-state index in [4.69, 9.17) is 0 Å². The minimum absolute atomic E-state index is 0.0423. The molecule has 1 aromatic heterocycles. The Morgan fingerprint density at radius 3 is 2.63 bits per heavy atom. The van der Waals surface area contributed by atoms with Gasteiger partial charge < -0.3 is 16.0 Å². The Morgan fingerprint density at radius 2 is 1.92 bits per heavy atom. The van der Waals surface area contributed by atoms with Crippen molar-refractivity contribution in [2.45, 2.75) is 49.6 Å². The number of H-pyrrole nitrogens is 1. The highest BCUT2D eigenvalue weighted by molar-refractivity contribution is 7.89. The number of benzene rings is 2. The van der Waals surface area contributed by atoms with Gasteiger partial charge in [0.15, 0.2) is 0 Å². The Kier molecular flexibility index (Phi) is 6.97. The standard InChI is InChI=1S/C26H30F2N6O3S/c1-26(2)15-34(38(36,37)19-11-16(27)10-17(28)12-19)14-21-23(26)32-33-24(21)31-25(35)20-7-3-4-8-22(20)30-13-18-6-5-9-29-18/h3-4,7-8,10-12,18,29-30H,5-6,9,13-15H2,1-2H3,(H2,31,32,33,35). The summed E-state index contributed by atoms with van der Waals surface area (Å²) in [4.78, 5) is 12.8. The van der Waals surface area contributed by atoms with Gasteiger partial charge in [0.05, 0.1) is 16.2 Å². The number of halogens is 2. The van der Waals surface area contributed by atoms with E-state index in [9.17, 15) is 22.0 Å². The van der Waals surface area contributed by atoms with Crippen molar-refractivity contribution in [1.29, 1.82) is 0 Å². The van der Waals surface area contributed by atoms with E-state index in [2.05, 4.69) is 26.1 Å². The summed E-state index contributed by atoms with van der Waals surface area (Å²) >= 11 is 0. The molecule has 0 spiro atoms. The molecular weight excluding hydrogens is 514 g/mol. The topological polar surface area (TPSA) is 119 Å². The number of anilines is 2. The Bertz CT molecular complexity index is 1450. The molecule has 3 aromatic rings. The van der Waals surface area contributed by atoms with Crippen LogP contribution < -0.4 is 16.0 Å². The number of sulfonamides is 1. The molecule has 0 aliphatic carbocycles. The maximum atomic E-state index is 13.8. The van der Waals surface area contributed by atoms with Crippen LogP contribution in [0.25, 0.3) is 0 Å². The van der Waals surface area contributed by atoms with Gasteiger partial charge in [-0.3, -0.25) is 9.89 Å². The molecule has 2 aliphatic rings. The van der Waals surface area contributed by atoms with E-state index >= 15 is 0 Å². The van der Waals surface area contributed by atoms with Crippen molar-refractivity contribution >= 4 is 27.4 Å². The van der Waals surface area contributed by atoms with Gasteiger partial charge >= 0.3 is 0 Å². The molecule has 1 amide bonds. The van der Waals surface area contributed by atoms with Crippen LogP contribution in [-0.2, 0) is 22.0 Å². The molecule has 202 valence electrons. The zero-order valence-electron chi connectivity index (χ0n) is 21.1. The van der Waals surface area contributed by atoms with Crippen LogP contribution in [0.1, 0.15) is 48.3 Å². The molecule has 1 atom stereocenters. The Labute approximate surface area is 220 Å². The number of aromatic amines is 1. The molecule has 12 heteroatoms. The summed E-state index contributed by atoms with van der Waals surface area (Å²) in [5, 5.41) is 16.8. The predicted octanol–water partition coefficient (Wildman–Crippen LogP) is 3.59. The van der Waals surface area contributed by atoms with E-state index < -0.39 is 32.0 Å². The van der Waals surface area contributed by atoms with Crippen LogP contribution in [0.15, 0.2) is 47.4 Å². The van der Waals surface area contributed by atoms with Gasteiger partial charge in [0.1, 0.15) is 17.5 Å². The normalized spacial score (nSPS) is 19.2. The number of hydrogen-bond donors (Lipinski definition) is 4. The summed E-state index contributed by atoms with van der Waals surface area (Å²) in [7, 11) is -4.24. The monoisotopic (exact) mass is 544 g/mol. The quantitative estimate of drug-likeness (QED) is 0.361. The maximum Gasteiger partial charge on any atom is 0.258 e. The first-order chi connectivity index (χ1) is 18.0. The molecule has 9 nitrogen and oxygen atoms in total. The van der Waals surface area contributed by atoms with Crippen LogP contribution >= 0.6 is 0 Å². The van der Waals surface area contributed by atoms with Gasteiger partial charge in [-0.2, -0.15) is 9.40 Å². The molecule has 5 rings (SSSR count). The smallest absolute Gasteiger partial charge is 0.258 e. The number of para-hydroxylation sites is 1. The van der Waals surface area contributed by atoms with Crippen LogP contribution in [0, 0.1) is 11.6 Å². The summed E-state index contributed by atoms with van der Waals surface area (Å²) in [5.74, 6) is -2.07. The summed E-state index contributed by atoms with van der Waals surface area (Å²) < 4.78 is 55.5. The molecule has 2 aromatic carbocycles. The average molecular weight is 545 g/mol. The van der Waals surface area contributed by atoms with Gasteiger partial charge in [0.2, 0.25) is 10.0 Å². The lowest BCUT2D eigenvalue weighted by molar-refractivity contribution is 0.102. The molecule has 2 aliphatic heterocycles. The second-order valence-corrected chi connectivity index (χ2v) is 12.3. The van der Waals surface area contributed by atoms with Gasteiger partial charge in [-0.15, -0.1) is 0 Å². The van der Waals surface area contributed by atoms with Gasteiger partial charge in [-0.1, -0.05) is 26.0 Å². The fourth-order valence-electron chi connectivity index (χ4n) is 5.11. The van der Waals surface area contributed by atoms with E-state index in [1.807, 2.05) is 26.0 Å². The highest BCUT2D eigenvalue weighted by Crippen LogP contribution is 2.38. The second kappa shape index (κ2) is 10.1. The molecule has 0 radical (unpaired) electrons. The molecule has 0 saturated carbocycles. The second-order valence-electron chi connectivity index (χ2n) is 10.4. The first-order valence-corrected chi connectivity index (χ1v) is 13.9. The van der Waals surface area contributed by atoms with Crippen molar-refractivity contribution in [2.75, 3.05) is 30.3 Å². The highest BCUT2D eigenvalue weighted by Gasteiger charge is 2.41. The van der Waals surface area contributed by atoms with Gasteiger partial charge in [-0.25, -0.2) is 17.2 Å². The molecular formula is C26H30F2N6O3S. The lowest BCUT2D eigenvalue weighted by Gasteiger charge is -2.36. The van der Waals surface area contributed by atoms with E-state index in [0.29, 0.717) is 41.2 Å². The van der Waals surface area contributed by atoms with E-state index in [1.54, 1.807) is 12.1 Å². The molecule has 38 heavy (non-hydrogen) atoms. The van der Waals surface area contributed by atoms with Crippen LogP contribution in [0.3, 0.4) is 0 Å². The maximum absolute atomic E-state index is 13.8. The summed E-state index contributed by atoms with van der Waals surface area (Å²) in [6, 6.07) is 9.72. The Morgan fingerprint density at radius 1 is 1.18 bits per heavy atom. The fourth-order valence-corrected chi connectivity index (χ4v) is 6.72. The SMILES string of the molecule is CC1(C)CN(S(=O)(=O)c2cc(F)cc(F)c2)Cc2c1n[nH]c2NC(=O)c1ccccc1NCC1CCCN1. The van der Waals surface area contributed by atoms with Gasteiger partial charge in [-0.05, 0) is 43.7 Å². The molecule has 4 N–H and O–H groups in total. The third-order valence-corrected chi connectivity index (χ3v) is 8.77. The summed E-state index contributed by atoms with van der Waals surface area (Å²) in [5.41, 5.74) is 1.49. The molecule has 1 saturated heterocycles. The fraction of sp³-hybridized carbons (Fsp3) is 0.385. The van der Waals surface area contributed by atoms with Crippen LogP contribution in [0.2, 0.25) is 0 Å². The lowest BCUT2D eigenvalue weighted by atomic mass is 9.84. The third kappa shape index (κ3) is 5.16. The Hall–Kier alpha value is -3.35. The molecule has 1 fully saturated rings. The molecule has 0 bridgehead atoms. The third-order valence-electron chi connectivity index (χ3n) is 7.00. The van der Waals surface area contributed by atoms with Gasteiger partial charge in [0.25, 0.3) is 5.91 Å². The molecule has 3 heterocycles. The van der Waals surface area contributed by atoms with Crippen molar-refractivity contribution in [3.8, 4) is 0 Å². The van der Waals surface area contributed by atoms with E-state index in [0.717, 1.165) is 35.8 Å². The van der Waals surface area contributed by atoms with Crippen molar-refractivity contribution in [1.82, 2.24) is 19.8 Å². The van der Waals surface area contributed by atoms with Crippen molar-refractivity contribution < 1.29 is 22.0 Å². The minimum atomic E-state index is -4.24. The van der Waals surface area contributed by atoms with Gasteiger partial charge in [0, 0.05) is 48.4 Å². The number of rotatable bonds is 7. The van der Waals surface area contributed by atoms with Crippen molar-refractivity contribution in [3.05, 3.63) is 70.9 Å². The highest BCUT2D eigenvalue weighted by atomic mass is 32.2. The predicted molar refractivity (Wildman–Crippen MR) is 139 cm³/mol. The first kappa shape index (κ1) is 26.3. The minimum Gasteiger partial charge on any atom is -0.383 e. The number of fused-ring (bicyclic) bond motifs is 1. The van der Waals surface area contributed by atoms with Crippen LogP contribution in [0.5, 0.6) is 0 Å². The number of carbonyl (C=O) groups is 1. The number of amides is 1. The zero-order valence-corrected chi connectivity index (χ0v) is 22.0. The summed E-state index contributed by atoms with van der Waals surface area (Å²) in [6.07, 6.45) is 2.19. The van der Waals surface area contributed by atoms with E-state index in [-0.39, 0.29) is 24.8 Å². The number of aromatic nitrogens is 2. The largest absolute Gasteiger partial charge is 0.383 e. The Balaban J connectivity index is 1.40. The lowest BCUT2D eigenvalue weighted by Crippen LogP contribution is -2.45. The summed E-state index contributed by atoms with van der Waals surface area (Å²) in [6.45, 7) is 5.23. The van der Waals surface area contributed by atoms with Crippen LogP contribution in [-0.4, -0.2) is 54.5 Å². The first-order valence-electron chi connectivity index (χ1n) is 12.5. The van der Waals surface area contributed by atoms with E-state index in [1.165, 1.54) is 0 Å². The number of nitrogens with zero attached hydrogens (tertiary/aromatic N) is 2. The number of hydrogen-bond acceptors (Lipinski definition) is 6. The van der Waals surface area contributed by atoms with Crippen LogP contribution in [0.4, 0.5) is 20.3 Å². The number of nitrogens with one attached hydrogen (secondary N) is 4. The van der Waals surface area contributed by atoms with Crippen molar-refractivity contribution in [3.63, 3.8) is 0 Å². The zero-order chi connectivity index (χ0) is 27.1.